The number of aromatic nitrogens is 2. The number of hydrogen-bond donors (Lipinski definition) is 1. The molecular formula is C30H28N4O3. The number of hydrogen-bond acceptors (Lipinski definition) is 5. The molecule has 0 radical (unpaired) electrons. The van der Waals surface area contributed by atoms with E-state index in [9.17, 15) is 14.9 Å². The third kappa shape index (κ3) is 5.60. The second kappa shape index (κ2) is 10.1. The number of fused-ring (bicyclic) bond motifs is 1. The van der Waals surface area contributed by atoms with E-state index >= 15 is 0 Å². The Balaban J connectivity index is 1.78. The number of nitrogens with zero attached hydrogens (tertiary/aromatic N) is 3. The average molecular weight is 493 g/mol. The number of anilines is 1. The molecule has 37 heavy (non-hydrogen) atoms. The molecule has 0 fully saturated rings. The van der Waals surface area contributed by atoms with Gasteiger partial charge in [0, 0.05) is 11.9 Å². The Bertz CT molecular complexity index is 1620. The van der Waals surface area contributed by atoms with Crippen molar-refractivity contribution in [3.63, 3.8) is 0 Å². The second-order valence-electron chi connectivity index (χ2n) is 9.88. The minimum absolute atomic E-state index is 0.00346. The third-order valence-corrected chi connectivity index (χ3v) is 5.96. The van der Waals surface area contributed by atoms with Crippen LogP contribution in [0.4, 0.5) is 5.69 Å². The van der Waals surface area contributed by atoms with E-state index in [-0.39, 0.29) is 22.4 Å². The zero-order chi connectivity index (χ0) is 26.7. The Kier molecular flexibility index (Phi) is 6.94. The van der Waals surface area contributed by atoms with Gasteiger partial charge in [0.15, 0.2) is 0 Å². The summed E-state index contributed by atoms with van der Waals surface area (Å²) in [5.41, 5.74) is 3.18. The highest BCUT2D eigenvalue weighted by molar-refractivity contribution is 6.10. The summed E-state index contributed by atoms with van der Waals surface area (Å²) in [5, 5.41) is 12.6. The number of aryl methyl sites for hydroxylation is 2. The standard InChI is InChI=1S/C30H28N4O3/c1-19-9-10-20(2)25(16-19)32-27(35)21(18-31)17-24-28(33-26-8-6-7-15-34(26)29(24)36)37-23-13-11-22(12-14-23)30(3,4)5/h6-17H,1-5H3,(H,32,35)/b21-17+. The number of rotatable bonds is 5. The first kappa shape index (κ1) is 25.4. The van der Waals surface area contributed by atoms with Crippen LogP contribution in [0.2, 0.25) is 0 Å². The number of benzene rings is 2. The van der Waals surface area contributed by atoms with E-state index in [1.807, 2.05) is 50.2 Å². The first-order valence-corrected chi connectivity index (χ1v) is 11.9. The van der Waals surface area contributed by atoms with Crippen molar-refractivity contribution in [1.29, 1.82) is 5.26 Å². The molecule has 0 spiro atoms. The Hall–Kier alpha value is -4.70. The molecule has 0 aliphatic rings. The molecule has 7 nitrogen and oxygen atoms in total. The molecule has 1 amide bonds. The summed E-state index contributed by atoms with van der Waals surface area (Å²) in [7, 11) is 0. The minimum Gasteiger partial charge on any atom is -0.438 e. The summed E-state index contributed by atoms with van der Waals surface area (Å²) < 4.78 is 7.38. The van der Waals surface area contributed by atoms with Crippen LogP contribution in [0.5, 0.6) is 11.6 Å². The van der Waals surface area contributed by atoms with Gasteiger partial charge < -0.3 is 10.1 Å². The topological polar surface area (TPSA) is 96.5 Å². The average Bonchev–Trinajstić information content (AvgIpc) is 2.86. The first-order chi connectivity index (χ1) is 17.6. The van der Waals surface area contributed by atoms with Gasteiger partial charge in [-0.15, -0.1) is 0 Å². The largest absolute Gasteiger partial charge is 0.438 e. The van der Waals surface area contributed by atoms with Crippen LogP contribution in [0, 0.1) is 25.2 Å². The summed E-state index contributed by atoms with van der Waals surface area (Å²) in [5.74, 6) is -0.144. The predicted octanol–water partition coefficient (Wildman–Crippen LogP) is 5.95. The van der Waals surface area contributed by atoms with E-state index in [2.05, 4.69) is 31.1 Å². The van der Waals surface area contributed by atoms with E-state index in [0.29, 0.717) is 17.1 Å². The lowest BCUT2D eigenvalue weighted by Crippen LogP contribution is -2.20. The normalized spacial score (nSPS) is 11.7. The van der Waals surface area contributed by atoms with Crippen molar-refractivity contribution in [3.8, 4) is 17.7 Å². The van der Waals surface area contributed by atoms with Gasteiger partial charge in [0.1, 0.15) is 28.6 Å². The molecule has 4 rings (SSSR count). The summed E-state index contributed by atoms with van der Waals surface area (Å²) in [4.78, 5) is 30.9. The van der Waals surface area contributed by atoms with E-state index < -0.39 is 11.5 Å². The highest BCUT2D eigenvalue weighted by atomic mass is 16.5. The summed E-state index contributed by atoms with van der Waals surface area (Å²) in [6, 6.07) is 20.2. The van der Waals surface area contributed by atoms with Crippen LogP contribution in [0.15, 0.2) is 77.2 Å². The van der Waals surface area contributed by atoms with E-state index in [4.69, 9.17) is 4.74 Å². The fourth-order valence-corrected chi connectivity index (χ4v) is 3.77. The van der Waals surface area contributed by atoms with E-state index in [0.717, 1.165) is 16.7 Å². The number of carbonyl (C=O) groups is 1. The SMILES string of the molecule is Cc1ccc(C)c(NC(=O)/C(C#N)=C/c2c(Oc3ccc(C(C)(C)C)cc3)nc3ccccn3c2=O)c1. The van der Waals surface area contributed by atoms with Crippen molar-refractivity contribution >= 4 is 23.3 Å². The number of carbonyl (C=O) groups excluding carboxylic acids is 1. The van der Waals surface area contributed by atoms with Gasteiger partial charge in [0.2, 0.25) is 5.88 Å². The van der Waals surface area contributed by atoms with Crippen LogP contribution in [-0.4, -0.2) is 15.3 Å². The lowest BCUT2D eigenvalue weighted by atomic mass is 9.87. The summed E-state index contributed by atoms with van der Waals surface area (Å²) >= 11 is 0. The lowest BCUT2D eigenvalue weighted by molar-refractivity contribution is -0.112. The number of nitriles is 1. The molecule has 7 heteroatoms. The van der Waals surface area contributed by atoms with Crippen molar-refractivity contribution in [1.82, 2.24) is 9.38 Å². The van der Waals surface area contributed by atoms with Crippen LogP contribution in [0.3, 0.4) is 0 Å². The fraction of sp³-hybridized carbons (Fsp3) is 0.200. The molecule has 2 aromatic carbocycles. The summed E-state index contributed by atoms with van der Waals surface area (Å²) in [6.07, 6.45) is 2.81. The van der Waals surface area contributed by atoms with Crippen molar-refractivity contribution in [2.24, 2.45) is 0 Å². The molecule has 0 atom stereocenters. The van der Waals surface area contributed by atoms with Crippen LogP contribution in [-0.2, 0) is 10.2 Å². The Morgan fingerprint density at radius 3 is 2.49 bits per heavy atom. The van der Waals surface area contributed by atoms with E-state index in [1.165, 1.54) is 10.5 Å². The zero-order valence-electron chi connectivity index (χ0n) is 21.5. The van der Waals surface area contributed by atoms with Crippen molar-refractivity contribution < 1.29 is 9.53 Å². The maximum Gasteiger partial charge on any atom is 0.269 e. The molecule has 0 saturated carbocycles. The number of pyridine rings is 1. The van der Waals surface area contributed by atoms with Gasteiger partial charge in [0.05, 0.1) is 0 Å². The molecule has 0 bridgehead atoms. The molecule has 2 aromatic heterocycles. The summed E-state index contributed by atoms with van der Waals surface area (Å²) in [6.45, 7) is 10.1. The maximum absolute atomic E-state index is 13.4. The second-order valence-corrected chi connectivity index (χ2v) is 9.88. The predicted molar refractivity (Wildman–Crippen MR) is 145 cm³/mol. The van der Waals surface area contributed by atoms with Crippen LogP contribution < -0.4 is 15.6 Å². The molecule has 0 saturated heterocycles. The molecule has 1 N–H and O–H groups in total. The molecular weight excluding hydrogens is 464 g/mol. The molecule has 0 aliphatic heterocycles. The zero-order valence-corrected chi connectivity index (χ0v) is 21.5. The first-order valence-electron chi connectivity index (χ1n) is 11.9. The van der Waals surface area contributed by atoms with Gasteiger partial charge in [-0.1, -0.05) is 51.1 Å². The molecule has 4 aromatic rings. The van der Waals surface area contributed by atoms with Gasteiger partial charge in [-0.05, 0) is 72.4 Å². The van der Waals surface area contributed by atoms with Crippen molar-refractivity contribution in [2.75, 3.05) is 5.32 Å². The van der Waals surface area contributed by atoms with Crippen LogP contribution in [0.1, 0.15) is 43.0 Å². The highest BCUT2D eigenvalue weighted by Gasteiger charge is 2.19. The highest BCUT2D eigenvalue weighted by Crippen LogP contribution is 2.28. The smallest absolute Gasteiger partial charge is 0.269 e. The van der Waals surface area contributed by atoms with Gasteiger partial charge in [0.25, 0.3) is 11.5 Å². The van der Waals surface area contributed by atoms with Gasteiger partial charge >= 0.3 is 0 Å². The Morgan fingerprint density at radius 1 is 1.08 bits per heavy atom. The molecule has 2 heterocycles. The minimum atomic E-state index is -0.630. The van der Waals surface area contributed by atoms with Crippen LogP contribution in [0.25, 0.3) is 11.7 Å². The monoisotopic (exact) mass is 492 g/mol. The number of nitrogens with one attached hydrogen (secondary N) is 1. The van der Waals surface area contributed by atoms with Crippen molar-refractivity contribution in [2.45, 2.75) is 40.0 Å². The quantitative estimate of drug-likeness (QED) is 0.274. The van der Waals surface area contributed by atoms with Gasteiger partial charge in [-0.2, -0.15) is 10.2 Å². The van der Waals surface area contributed by atoms with E-state index in [1.54, 1.807) is 36.5 Å². The third-order valence-electron chi connectivity index (χ3n) is 5.96. The molecule has 186 valence electrons. The van der Waals surface area contributed by atoms with Gasteiger partial charge in [-0.3, -0.25) is 14.0 Å². The molecule has 0 unspecified atom stereocenters. The maximum atomic E-state index is 13.4. The Morgan fingerprint density at radius 2 is 1.81 bits per heavy atom. The van der Waals surface area contributed by atoms with Crippen molar-refractivity contribution in [3.05, 3.63) is 105 Å². The molecule has 0 aliphatic carbocycles. The number of ether oxygens (including phenoxy) is 1. The lowest BCUT2D eigenvalue weighted by Gasteiger charge is -2.19. The fourth-order valence-electron chi connectivity index (χ4n) is 3.77. The number of amides is 1. The van der Waals surface area contributed by atoms with Crippen LogP contribution >= 0.6 is 0 Å². The van der Waals surface area contributed by atoms with Gasteiger partial charge in [-0.25, -0.2) is 0 Å². The Labute approximate surface area is 215 Å².